The van der Waals surface area contributed by atoms with Crippen molar-refractivity contribution in [1.82, 2.24) is 14.7 Å². The lowest BCUT2D eigenvalue weighted by atomic mass is 9.98. The van der Waals surface area contributed by atoms with Gasteiger partial charge in [-0.15, -0.1) is 0 Å². The van der Waals surface area contributed by atoms with Crippen LogP contribution in [0.3, 0.4) is 0 Å². The fourth-order valence-electron chi connectivity index (χ4n) is 4.00. The summed E-state index contributed by atoms with van der Waals surface area (Å²) in [5.74, 6) is 3.40. The van der Waals surface area contributed by atoms with Crippen LogP contribution < -0.4 is 0 Å². The monoisotopic (exact) mass is 343 g/mol. The SMILES string of the molecule is Cn1nc2c(c1CN1CCC(Cc3ccccc3O)C1)CSCC2. The van der Waals surface area contributed by atoms with Crippen molar-refractivity contribution < 1.29 is 5.11 Å². The summed E-state index contributed by atoms with van der Waals surface area (Å²) in [6.07, 6.45) is 3.30. The second-order valence-corrected chi connectivity index (χ2v) is 8.13. The van der Waals surface area contributed by atoms with Crippen LogP contribution in [0, 0.1) is 5.92 Å². The van der Waals surface area contributed by atoms with E-state index in [-0.39, 0.29) is 0 Å². The summed E-state index contributed by atoms with van der Waals surface area (Å²) in [4.78, 5) is 2.56. The van der Waals surface area contributed by atoms with Gasteiger partial charge in [-0.1, -0.05) is 18.2 Å². The summed E-state index contributed by atoms with van der Waals surface area (Å²) < 4.78 is 2.10. The molecule has 3 heterocycles. The number of rotatable bonds is 4. The largest absolute Gasteiger partial charge is 0.508 e. The van der Waals surface area contributed by atoms with Crippen LogP contribution >= 0.6 is 11.8 Å². The molecule has 1 saturated heterocycles. The summed E-state index contributed by atoms with van der Waals surface area (Å²) >= 11 is 2.03. The van der Waals surface area contributed by atoms with Crippen molar-refractivity contribution >= 4 is 11.8 Å². The Bertz CT molecular complexity index is 727. The first kappa shape index (κ1) is 16.0. The smallest absolute Gasteiger partial charge is 0.118 e. The van der Waals surface area contributed by atoms with Gasteiger partial charge in [0.25, 0.3) is 0 Å². The maximum absolute atomic E-state index is 9.99. The van der Waals surface area contributed by atoms with Gasteiger partial charge in [-0.05, 0) is 42.7 Å². The zero-order chi connectivity index (χ0) is 16.5. The van der Waals surface area contributed by atoms with E-state index in [2.05, 4.69) is 16.6 Å². The Morgan fingerprint density at radius 3 is 3.08 bits per heavy atom. The molecule has 0 amide bonds. The van der Waals surface area contributed by atoms with Gasteiger partial charge in [0.05, 0.1) is 11.4 Å². The molecule has 24 heavy (non-hydrogen) atoms. The standard InChI is InChI=1S/C19H25N3OS/c1-21-18(16-13-24-9-7-17(16)20-21)12-22-8-6-14(11-22)10-15-4-2-3-5-19(15)23/h2-5,14,23H,6-13H2,1H3. The van der Waals surface area contributed by atoms with Crippen molar-refractivity contribution in [3.05, 3.63) is 46.8 Å². The van der Waals surface area contributed by atoms with Crippen LogP contribution in [0.4, 0.5) is 0 Å². The molecule has 0 spiro atoms. The molecule has 1 fully saturated rings. The average molecular weight is 343 g/mol. The molecular weight excluding hydrogens is 318 g/mol. The molecule has 1 aromatic heterocycles. The van der Waals surface area contributed by atoms with Gasteiger partial charge in [0.15, 0.2) is 0 Å². The van der Waals surface area contributed by atoms with E-state index in [0.29, 0.717) is 11.7 Å². The summed E-state index contributed by atoms with van der Waals surface area (Å²) in [5, 5.41) is 14.7. The first-order valence-corrected chi connectivity index (χ1v) is 9.97. The van der Waals surface area contributed by atoms with Gasteiger partial charge in [0.2, 0.25) is 0 Å². The maximum atomic E-state index is 9.99. The molecule has 128 valence electrons. The van der Waals surface area contributed by atoms with Crippen molar-refractivity contribution in [2.24, 2.45) is 13.0 Å². The topological polar surface area (TPSA) is 41.3 Å². The highest BCUT2D eigenvalue weighted by Gasteiger charge is 2.26. The zero-order valence-electron chi connectivity index (χ0n) is 14.2. The van der Waals surface area contributed by atoms with E-state index in [0.717, 1.165) is 43.8 Å². The number of aromatic nitrogens is 2. The number of para-hydroxylation sites is 1. The second-order valence-electron chi connectivity index (χ2n) is 7.02. The summed E-state index contributed by atoms with van der Waals surface area (Å²) in [5.41, 5.74) is 5.29. The van der Waals surface area contributed by atoms with Crippen LogP contribution in [-0.4, -0.2) is 38.6 Å². The molecule has 2 aromatic rings. The molecule has 5 heteroatoms. The van der Waals surface area contributed by atoms with Gasteiger partial charge in [-0.25, -0.2) is 0 Å². The second kappa shape index (κ2) is 6.81. The molecule has 0 bridgehead atoms. The molecule has 4 nitrogen and oxygen atoms in total. The Kier molecular flexibility index (Phi) is 4.55. The lowest BCUT2D eigenvalue weighted by molar-refractivity contribution is 0.306. The van der Waals surface area contributed by atoms with Gasteiger partial charge < -0.3 is 5.11 Å². The van der Waals surface area contributed by atoms with Crippen LogP contribution in [0.15, 0.2) is 24.3 Å². The number of phenols is 1. The Morgan fingerprint density at radius 1 is 1.33 bits per heavy atom. The minimum atomic E-state index is 0.439. The van der Waals surface area contributed by atoms with Crippen molar-refractivity contribution in [3.63, 3.8) is 0 Å². The van der Waals surface area contributed by atoms with Crippen LogP contribution in [0.5, 0.6) is 5.75 Å². The first-order valence-electron chi connectivity index (χ1n) is 8.81. The first-order chi connectivity index (χ1) is 11.7. The summed E-state index contributed by atoms with van der Waals surface area (Å²) in [6.45, 7) is 3.27. The predicted molar refractivity (Wildman–Crippen MR) is 98.3 cm³/mol. The normalized spacial score (nSPS) is 21.1. The minimum absolute atomic E-state index is 0.439. The average Bonchev–Trinajstić information content (AvgIpc) is 3.15. The maximum Gasteiger partial charge on any atom is 0.118 e. The van der Waals surface area contributed by atoms with Gasteiger partial charge in [0.1, 0.15) is 5.75 Å². The van der Waals surface area contributed by atoms with Crippen LogP contribution in [0.25, 0.3) is 0 Å². The molecule has 1 atom stereocenters. The number of aryl methyl sites for hydroxylation is 2. The molecular formula is C19H25N3OS. The molecule has 1 aromatic carbocycles. The van der Waals surface area contributed by atoms with E-state index in [1.165, 1.54) is 29.1 Å². The number of aromatic hydroxyl groups is 1. The minimum Gasteiger partial charge on any atom is -0.508 e. The quantitative estimate of drug-likeness (QED) is 0.927. The summed E-state index contributed by atoms with van der Waals surface area (Å²) in [7, 11) is 2.09. The molecule has 0 aliphatic carbocycles. The van der Waals surface area contributed by atoms with E-state index >= 15 is 0 Å². The molecule has 2 aliphatic heterocycles. The number of thioether (sulfide) groups is 1. The lowest BCUT2D eigenvalue weighted by Gasteiger charge is -2.18. The fraction of sp³-hybridized carbons (Fsp3) is 0.526. The van der Waals surface area contributed by atoms with Crippen LogP contribution in [0.2, 0.25) is 0 Å². The van der Waals surface area contributed by atoms with Crippen LogP contribution in [0.1, 0.15) is 28.9 Å². The third-order valence-corrected chi connectivity index (χ3v) is 6.32. The van der Waals surface area contributed by atoms with Crippen molar-refractivity contribution in [2.45, 2.75) is 31.6 Å². The Labute approximate surface area is 147 Å². The molecule has 4 rings (SSSR count). The zero-order valence-corrected chi connectivity index (χ0v) is 15.1. The molecule has 2 aliphatic rings. The Balaban J connectivity index is 1.41. The highest BCUT2D eigenvalue weighted by molar-refractivity contribution is 7.98. The number of hydrogen-bond acceptors (Lipinski definition) is 4. The third kappa shape index (κ3) is 3.20. The van der Waals surface area contributed by atoms with E-state index in [1.807, 2.05) is 30.0 Å². The number of phenolic OH excluding ortho intramolecular Hbond substituents is 1. The van der Waals surface area contributed by atoms with Crippen molar-refractivity contribution in [1.29, 1.82) is 0 Å². The highest BCUT2D eigenvalue weighted by Crippen LogP contribution is 2.30. The van der Waals surface area contributed by atoms with E-state index in [1.54, 1.807) is 6.07 Å². The summed E-state index contributed by atoms with van der Waals surface area (Å²) in [6, 6.07) is 7.75. The highest BCUT2D eigenvalue weighted by atomic mass is 32.2. The predicted octanol–water partition coefficient (Wildman–Crippen LogP) is 2.98. The number of likely N-dealkylation sites (tertiary alicyclic amines) is 1. The molecule has 0 radical (unpaired) electrons. The molecule has 1 N–H and O–H groups in total. The number of benzene rings is 1. The van der Waals surface area contributed by atoms with Gasteiger partial charge in [-0.3, -0.25) is 9.58 Å². The van der Waals surface area contributed by atoms with Gasteiger partial charge in [0, 0.05) is 37.9 Å². The molecule has 0 saturated carbocycles. The van der Waals surface area contributed by atoms with Crippen molar-refractivity contribution in [2.75, 3.05) is 18.8 Å². The van der Waals surface area contributed by atoms with E-state index in [9.17, 15) is 5.11 Å². The fourth-order valence-corrected chi connectivity index (χ4v) is 5.02. The van der Waals surface area contributed by atoms with E-state index in [4.69, 9.17) is 5.10 Å². The third-order valence-electron chi connectivity index (χ3n) is 5.33. The van der Waals surface area contributed by atoms with E-state index < -0.39 is 0 Å². The van der Waals surface area contributed by atoms with Gasteiger partial charge >= 0.3 is 0 Å². The van der Waals surface area contributed by atoms with Crippen LogP contribution in [-0.2, 0) is 32.2 Å². The van der Waals surface area contributed by atoms with Crippen molar-refractivity contribution in [3.8, 4) is 5.75 Å². The molecule has 1 unspecified atom stereocenters. The number of fused-ring (bicyclic) bond motifs is 1. The lowest BCUT2D eigenvalue weighted by Crippen LogP contribution is -2.23. The Hall–Kier alpha value is -1.46. The Morgan fingerprint density at radius 2 is 2.21 bits per heavy atom. The number of hydrogen-bond donors (Lipinski definition) is 1. The van der Waals surface area contributed by atoms with Gasteiger partial charge in [-0.2, -0.15) is 16.9 Å². The number of nitrogens with zero attached hydrogens (tertiary/aromatic N) is 3.